The van der Waals surface area contributed by atoms with E-state index in [-0.39, 0.29) is 0 Å². The first-order chi connectivity index (χ1) is 13.3. The molecular weight excluding hydrogens is 340 g/mol. The van der Waals surface area contributed by atoms with Crippen molar-refractivity contribution in [3.8, 4) is 0 Å². The molecule has 2 aromatic carbocycles. The molecule has 0 aliphatic rings. The molecule has 0 fully saturated rings. The fourth-order valence-corrected chi connectivity index (χ4v) is 3.54. The predicted molar refractivity (Wildman–Crippen MR) is 125 cm³/mol. The smallest absolute Gasteiger partial charge is 0.0702 e. The van der Waals surface area contributed by atoms with Crippen molar-refractivity contribution >= 4 is 22.8 Å². The highest BCUT2D eigenvalue weighted by Gasteiger charge is 2.15. The molecule has 150 valence electrons. The normalized spacial score (nSPS) is 12.9. The maximum Gasteiger partial charge on any atom is 0.0702 e. The zero-order valence-corrected chi connectivity index (χ0v) is 18.9. The fourth-order valence-electron chi connectivity index (χ4n) is 3.54. The summed E-state index contributed by atoms with van der Waals surface area (Å²) in [6, 6.07) is 12.9. The minimum absolute atomic E-state index is 0.441. The van der Waals surface area contributed by atoms with Crippen LogP contribution in [0.25, 0.3) is 0 Å². The van der Waals surface area contributed by atoms with Crippen LogP contribution < -0.4 is 0 Å². The van der Waals surface area contributed by atoms with Gasteiger partial charge in [0.2, 0.25) is 0 Å². The molecule has 0 aliphatic heterocycles. The van der Waals surface area contributed by atoms with Gasteiger partial charge in [0, 0.05) is 0 Å². The van der Waals surface area contributed by atoms with Crippen LogP contribution in [0.15, 0.2) is 46.4 Å². The molecule has 0 radical (unpaired) electrons. The van der Waals surface area contributed by atoms with E-state index < -0.39 is 0 Å². The third-order valence-electron chi connectivity index (χ3n) is 5.21. The summed E-state index contributed by atoms with van der Waals surface area (Å²) in [6.07, 6.45) is 1.99. The SMILES string of the molecule is CCCC(=Nc1c(C(C)C)cccc1C(C)C)C(C)=Nc1c(C)cccc1C. The first-order valence-electron chi connectivity index (χ1n) is 10.6. The van der Waals surface area contributed by atoms with E-state index in [4.69, 9.17) is 9.98 Å². The van der Waals surface area contributed by atoms with Gasteiger partial charge in [-0.2, -0.15) is 0 Å². The molecule has 0 saturated heterocycles. The summed E-state index contributed by atoms with van der Waals surface area (Å²) in [5.41, 5.74) is 9.39. The Hall–Kier alpha value is -2.22. The van der Waals surface area contributed by atoms with Crippen LogP contribution in [0.5, 0.6) is 0 Å². The van der Waals surface area contributed by atoms with Gasteiger partial charge in [-0.25, -0.2) is 0 Å². The monoisotopic (exact) mass is 376 g/mol. The van der Waals surface area contributed by atoms with Crippen LogP contribution in [0.2, 0.25) is 0 Å². The van der Waals surface area contributed by atoms with Gasteiger partial charge in [-0.3, -0.25) is 9.98 Å². The number of aryl methyl sites for hydroxylation is 2. The van der Waals surface area contributed by atoms with E-state index in [2.05, 4.69) is 91.8 Å². The molecule has 0 bridgehead atoms. The summed E-state index contributed by atoms with van der Waals surface area (Å²) < 4.78 is 0. The lowest BCUT2D eigenvalue weighted by Crippen LogP contribution is -2.11. The second-order valence-electron chi connectivity index (χ2n) is 8.34. The number of rotatable bonds is 7. The van der Waals surface area contributed by atoms with Crippen LogP contribution >= 0.6 is 0 Å². The van der Waals surface area contributed by atoms with Gasteiger partial charge in [0.1, 0.15) is 0 Å². The minimum atomic E-state index is 0.441. The lowest BCUT2D eigenvalue weighted by Gasteiger charge is -2.18. The summed E-state index contributed by atoms with van der Waals surface area (Å²) >= 11 is 0. The molecule has 0 N–H and O–H groups in total. The van der Waals surface area contributed by atoms with Crippen molar-refractivity contribution in [1.29, 1.82) is 0 Å². The predicted octanol–water partition coefficient (Wildman–Crippen LogP) is 8.22. The van der Waals surface area contributed by atoms with E-state index >= 15 is 0 Å². The van der Waals surface area contributed by atoms with Crippen LogP contribution in [0, 0.1) is 13.8 Å². The van der Waals surface area contributed by atoms with Crippen molar-refractivity contribution in [2.45, 2.75) is 80.1 Å². The molecular formula is C26H36N2. The highest BCUT2D eigenvalue weighted by molar-refractivity contribution is 6.42. The van der Waals surface area contributed by atoms with Crippen LogP contribution in [-0.4, -0.2) is 11.4 Å². The van der Waals surface area contributed by atoms with Gasteiger partial charge in [0.15, 0.2) is 0 Å². The molecule has 0 heterocycles. The summed E-state index contributed by atoms with van der Waals surface area (Å²) in [7, 11) is 0. The van der Waals surface area contributed by atoms with E-state index in [0.29, 0.717) is 11.8 Å². The summed E-state index contributed by atoms with van der Waals surface area (Å²) in [5.74, 6) is 0.882. The average molecular weight is 377 g/mol. The van der Waals surface area contributed by atoms with Crippen molar-refractivity contribution < 1.29 is 0 Å². The van der Waals surface area contributed by atoms with E-state index in [9.17, 15) is 0 Å². The van der Waals surface area contributed by atoms with Crippen LogP contribution in [0.3, 0.4) is 0 Å². The van der Waals surface area contributed by atoms with E-state index in [1.54, 1.807) is 0 Å². The summed E-state index contributed by atoms with van der Waals surface area (Å²) in [4.78, 5) is 10.2. The van der Waals surface area contributed by atoms with Crippen molar-refractivity contribution in [3.05, 3.63) is 58.7 Å². The highest BCUT2D eigenvalue weighted by atomic mass is 14.8. The van der Waals surface area contributed by atoms with Crippen molar-refractivity contribution in [2.24, 2.45) is 9.98 Å². The maximum absolute atomic E-state index is 5.23. The van der Waals surface area contributed by atoms with E-state index in [1.807, 2.05) is 0 Å². The number of nitrogens with zero attached hydrogens (tertiary/aromatic N) is 2. The Labute approximate surface area is 171 Å². The molecule has 0 saturated carbocycles. The van der Waals surface area contributed by atoms with Gasteiger partial charge >= 0.3 is 0 Å². The van der Waals surface area contributed by atoms with Gasteiger partial charge in [-0.05, 0) is 61.3 Å². The first-order valence-corrected chi connectivity index (χ1v) is 10.6. The first kappa shape index (κ1) is 22.1. The largest absolute Gasteiger partial charge is 0.251 e. The molecule has 2 nitrogen and oxygen atoms in total. The van der Waals surface area contributed by atoms with Crippen LogP contribution in [-0.2, 0) is 0 Å². The van der Waals surface area contributed by atoms with Crippen molar-refractivity contribution in [3.63, 3.8) is 0 Å². The number of hydrogen-bond acceptors (Lipinski definition) is 2. The molecule has 0 spiro atoms. The quantitative estimate of drug-likeness (QED) is 0.435. The number of hydrogen-bond donors (Lipinski definition) is 0. The summed E-state index contributed by atoms with van der Waals surface area (Å²) in [5, 5.41) is 0. The van der Waals surface area contributed by atoms with Gasteiger partial charge in [0.05, 0.1) is 22.8 Å². The van der Waals surface area contributed by atoms with Gasteiger partial charge < -0.3 is 0 Å². The molecule has 0 unspecified atom stereocenters. The zero-order valence-electron chi connectivity index (χ0n) is 18.9. The van der Waals surface area contributed by atoms with E-state index in [1.165, 1.54) is 22.3 Å². The van der Waals surface area contributed by atoms with Crippen molar-refractivity contribution in [1.82, 2.24) is 0 Å². The number of aliphatic imine (C=N–C) groups is 2. The topological polar surface area (TPSA) is 24.7 Å². The Balaban J connectivity index is 2.64. The number of benzene rings is 2. The third kappa shape index (κ3) is 5.19. The Bertz CT molecular complexity index is 823. The molecule has 0 atom stereocenters. The van der Waals surface area contributed by atoms with Gasteiger partial charge in [-0.1, -0.05) is 77.4 Å². The lowest BCUT2D eigenvalue weighted by molar-refractivity contribution is 0.834. The lowest BCUT2D eigenvalue weighted by atomic mass is 9.92. The molecule has 2 rings (SSSR count). The van der Waals surface area contributed by atoms with Gasteiger partial charge in [0.25, 0.3) is 0 Å². The molecule has 0 aliphatic carbocycles. The molecule has 28 heavy (non-hydrogen) atoms. The standard InChI is InChI=1S/C26H36N2/c1-9-12-24(21(8)27-25-19(6)13-10-14-20(25)7)28-26-22(17(2)3)15-11-16-23(26)18(4)5/h10-11,13-18H,9,12H2,1-8H3. The maximum atomic E-state index is 5.23. The van der Waals surface area contributed by atoms with Crippen LogP contribution in [0.4, 0.5) is 11.4 Å². The van der Waals surface area contributed by atoms with E-state index in [0.717, 1.165) is 35.6 Å². The highest BCUT2D eigenvalue weighted by Crippen LogP contribution is 2.35. The average Bonchev–Trinajstić information content (AvgIpc) is 2.64. The Morgan fingerprint density at radius 1 is 0.786 bits per heavy atom. The Kier molecular flexibility index (Phi) is 7.74. The second kappa shape index (κ2) is 9.82. The van der Waals surface area contributed by atoms with Gasteiger partial charge in [-0.15, -0.1) is 0 Å². The molecule has 0 amide bonds. The third-order valence-corrected chi connectivity index (χ3v) is 5.21. The zero-order chi connectivity index (χ0) is 20.8. The van der Waals surface area contributed by atoms with Crippen LogP contribution in [0.1, 0.15) is 88.5 Å². The Morgan fingerprint density at radius 3 is 1.75 bits per heavy atom. The fraction of sp³-hybridized carbons (Fsp3) is 0.462. The summed E-state index contributed by atoms with van der Waals surface area (Å²) in [6.45, 7) is 17.5. The number of para-hydroxylation sites is 2. The molecule has 2 heteroatoms. The van der Waals surface area contributed by atoms with Crippen molar-refractivity contribution in [2.75, 3.05) is 0 Å². The second-order valence-corrected chi connectivity index (χ2v) is 8.34. The molecule has 2 aromatic rings. The Morgan fingerprint density at radius 2 is 1.29 bits per heavy atom. The minimum Gasteiger partial charge on any atom is -0.251 e. The molecule has 0 aromatic heterocycles.